The van der Waals surface area contributed by atoms with E-state index >= 15 is 0 Å². The second-order valence-corrected chi connectivity index (χ2v) is 3.87. The number of nitrogens with zero attached hydrogens (tertiary/aromatic N) is 3. The predicted molar refractivity (Wildman–Crippen MR) is 55.0 cm³/mol. The molecule has 1 aliphatic rings. The van der Waals surface area contributed by atoms with Crippen LogP contribution in [0.15, 0.2) is 12.4 Å². The summed E-state index contributed by atoms with van der Waals surface area (Å²) in [5.74, 6) is 0.0701. The fourth-order valence-electron chi connectivity index (χ4n) is 1.84. The van der Waals surface area contributed by atoms with Gasteiger partial charge in [0, 0.05) is 25.5 Å². The van der Waals surface area contributed by atoms with Gasteiger partial charge in [-0.05, 0) is 12.3 Å². The van der Waals surface area contributed by atoms with Gasteiger partial charge in [-0.1, -0.05) is 6.92 Å². The van der Waals surface area contributed by atoms with Gasteiger partial charge in [0.05, 0.1) is 0 Å². The third-order valence-corrected chi connectivity index (χ3v) is 2.60. The van der Waals surface area contributed by atoms with Gasteiger partial charge in [-0.15, -0.1) is 0 Å². The molecule has 1 saturated heterocycles. The first-order chi connectivity index (χ1) is 7.18. The SMILES string of the molecule is CC1CCN(c2nccnc2C(=O)O)C1. The van der Waals surface area contributed by atoms with E-state index in [2.05, 4.69) is 16.9 Å². The predicted octanol–water partition coefficient (Wildman–Crippen LogP) is 1.02. The molecule has 0 radical (unpaired) electrons. The van der Waals surface area contributed by atoms with Gasteiger partial charge >= 0.3 is 5.97 Å². The molecule has 0 spiro atoms. The minimum Gasteiger partial charge on any atom is -0.476 e. The van der Waals surface area contributed by atoms with Crippen LogP contribution in [-0.2, 0) is 0 Å². The second-order valence-electron chi connectivity index (χ2n) is 3.87. The number of aromatic carboxylic acids is 1. The minimum absolute atomic E-state index is 0.0478. The van der Waals surface area contributed by atoms with E-state index in [0.29, 0.717) is 11.7 Å². The molecule has 0 aliphatic carbocycles. The van der Waals surface area contributed by atoms with E-state index < -0.39 is 5.97 Å². The minimum atomic E-state index is -1.02. The lowest BCUT2D eigenvalue weighted by Gasteiger charge is -2.17. The fraction of sp³-hybridized carbons (Fsp3) is 0.500. The average molecular weight is 207 g/mol. The highest BCUT2D eigenvalue weighted by Gasteiger charge is 2.24. The molecule has 0 bridgehead atoms. The van der Waals surface area contributed by atoms with Gasteiger partial charge in [-0.3, -0.25) is 0 Å². The van der Waals surface area contributed by atoms with Crippen molar-refractivity contribution in [3.8, 4) is 0 Å². The molecule has 1 fully saturated rings. The summed E-state index contributed by atoms with van der Waals surface area (Å²) in [7, 11) is 0. The molecule has 2 heterocycles. The summed E-state index contributed by atoms with van der Waals surface area (Å²) in [6, 6.07) is 0. The lowest BCUT2D eigenvalue weighted by atomic mass is 10.2. The maximum Gasteiger partial charge on any atom is 0.358 e. The highest BCUT2D eigenvalue weighted by Crippen LogP contribution is 2.23. The first-order valence-corrected chi connectivity index (χ1v) is 4.97. The van der Waals surface area contributed by atoms with Crippen LogP contribution in [0.1, 0.15) is 23.8 Å². The van der Waals surface area contributed by atoms with Crippen LogP contribution in [0.4, 0.5) is 5.82 Å². The maximum atomic E-state index is 10.9. The van der Waals surface area contributed by atoms with Crippen molar-refractivity contribution in [3.63, 3.8) is 0 Å². The van der Waals surface area contributed by atoms with E-state index in [0.717, 1.165) is 19.5 Å². The maximum absolute atomic E-state index is 10.9. The molecule has 0 saturated carbocycles. The number of anilines is 1. The molecule has 1 unspecified atom stereocenters. The number of hydrogen-bond acceptors (Lipinski definition) is 4. The highest BCUT2D eigenvalue weighted by atomic mass is 16.4. The van der Waals surface area contributed by atoms with Gasteiger partial charge in [0.25, 0.3) is 0 Å². The van der Waals surface area contributed by atoms with Crippen LogP contribution in [0.2, 0.25) is 0 Å². The normalized spacial score (nSPS) is 20.6. The lowest BCUT2D eigenvalue weighted by Crippen LogP contribution is -2.23. The number of rotatable bonds is 2. The number of hydrogen-bond donors (Lipinski definition) is 1. The van der Waals surface area contributed by atoms with E-state index in [1.807, 2.05) is 4.90 Å². The third-order valence-electron chi connectivity index (χ3n) is 2.60. The summed E-state index contributed by atoms with van der Waals surface area (Å²) >= 11 is 0. The van der Waals surface area contributed by atoms with Crippen molar-refractivity contribution in [2.24, 2.45) is 5.92 Å². The summed E-state index contributed by atoms with van der Waals surface area (Å²) in [6.45, 7) is 3.87. The molecule has 1 atom stereocenters. The molecule has 1 aliphatic heterocycles. The lowest BCUT2D eigenvalue weighted by molar-refractivity contribution is 0.0691. The average Bonchev–Trinajstić information content (AvgIpc) is 2.65. The number of carboxylic acid groups (broad SMARTS) is 1. The fourth-order valence-corrected chi connectivity index (χ4v) is 1.84. The summed E-state index contributed by atoms with van der Waals surface area (Å²) < 4.78 is 0. The van der Waals surface area contributed by atoms with Gasteiger partial charge in [-0.2, -0.15) is 0 Å². The smallest absolute Gasteiger partial charge is 0.358 e. The molecule has 5 nitrogen and oxygen atoms in total. The van der Waals surface area contributed by atoms with Gasteiger partial charge in [0.15, 0.2) is 11.5 Å². The van der Waals surface area contributed by atoms with Crippen molar-refractivity contribution in [1.82, 2.24) is 9.97 Å². The Morgan fingerprint density at radius 3 is 2.87 bits per heavy atom. The number of aromatic nitrogens is 2. The molecule has 15 heavy (non-hydrogen) atoms. The van der Waals surface area contributed by atoms with Crippen molar-refractivity contribution >= 4 is 11.8 Å². The summed E-state index contributed by atoms with van der Waals surface area (Å²) in [5.41, 5.74) is 0.0478. The van der Waals surface area contributed by atoms with Gasteiger partial charge in [0.1, 0.15) is 0 Å². The van der Waals surface area contributed by atoms with Crippen LogP contribution in [0, 0.1) is 5.92 Å². The summed E-state index contributed by atoms with van der Waals surface area (Å²) in [4.78, 5) is 20.9. The first-order valence-electron chi connectivity index (χ1n) is 4.97. The molecule has 1 aromatic rings. The second kappa shape index (κ2) is 3.84. The topological polar surface area (TPSA) is 66.3 Å². The number of carboxylic acids is 1. The van der Waals surface area contributed by atoms with Gasteiger partial charge in [-0.25, -0.2) is 14.8 Å². The van der Waals surface area contributed by atoms with Crippen molar-refractivity contribution in [2.45, 2.75) is 13.3 Å². The molecule has 2 rings (SSSR count). The Morgan fingerprint density at radius 2 is 2.27 bits per heavy atom. The molecule has 0 amide bonds. The Kier molecular flexibility index (Phi) is 2.53. The van der Waals surface area contributed by atoms with Crippen LogP contribution >= 0.6 is 0 Å². The van der Waals surface area contributed by atoms with Crippen molar-refractivity contribution in [2.75, 3.05) is 18.0 Å². The Balaban J connectivity index is 2.31. The van der Waals surface area contributed by atoms with Crippen LogP contribution < -0.4 is 4.90 Å². The zero-order chi connectivity index (χ0) is 10.8. The number of carbonyl (C=O) groups is 1. The molecular formula is C10H13N3O2. The molecule has 1 N–H and O–H groups in total. The van der Waals surface area contributed by atoms with E-state index in [1.54, 1.807) is 0 Å². The molecule has 80 valence electrons. The van der Waals surface area contributed by atoms with Crippen LogP contribution in [0.3, 0.4) is 0 Å². The van der Waals surface area contributed by atoms with E-state index in [1.165, 1.54) is 12.4 Å². The zero-order valence-electron chi connectivity index (χ0n) is 8.55. The third kappa shape index (κ3) is 1.91. The van der Waals surface area contributed by atoms with E-state index in [4.69, 9.17) is 5.11 Å². The zero-order valence-corrected chi connectivity index (χ0v) is 8.55. The molecular weight excluding hydrogens is 194 g/mol. The van der Waals surface area contributed by atoms with E-state index in [9.17, 15) is 4.79 Å². The first kappa shape index (κ1) is 9.89. The van der Waals surface area contributed by atoms with Crippen LogP contribution in [-0.4, -0.2) is 34.1 Å². The molecule has 5 heteroatoms. The van der Waals surface area contributed by atoms with Crippen molar-refractivity contribution in [1.29, 1.82) is 0 Å². The largest absolute Gasteiger partial charge is 0.476 e. The van der Waals surface area contributed by atoms with Gasteiger partial charge in [0.2, 0.25) is 0 Å². The molecule has 0 aromatic carbocycles. The summed E-state index contributed by atoms with van der Waals surface area (Å²) in [6.07, 6.45) is 4.02. The van der Waals surface area contributed by atoms with Crippen LogP contribution in [0.5, 0.6) is 0 Å². The standard InChI is InChI=1S/C10H13N3O2/c1-7-2-5-13(6-7)9-8(10(14)15)11-3-4-12-9/h3-4,7H,2,5-6H2,1H3,(H,14,15). The Hall–Kier alpha value is -1.65. The Morgan fingerprint density at radius 1 is 1.53 bits per heavy atom. The van der Waals surface area contributed by atoms with Gasteiger partial charge < -0.3 is 10.0 Å². The van der Waals surface area contributed by atoms with Crippen molar-refractivity contribution < 1.29 is 9.90 Å². The monoisotopic (exact) mass is 207 g/mol. The quantitative estimate of drug-likeness (QED) is 0.784. The van der Waals surface area contributed by atoms with Crippen LogP contribution in [0.25, 0.3) is 0 Å². The summed E-state index contributed by atoms with van der Waals surface area (Å²) in [5, 5.41) is 8.96. The Labute approximate surface area is 87.8 Å². The Bertz CT molecular complexity index is 381. The highest BCUT2D eigenvalue weighted by molar-refractivity contribution is 5.90. The molecule has 1 aromatic heterocycles. The van der Waals surface area contributed by atoms with E-state index in [-0.39, 0.29) is 5.69 Å². The van der Waals surface area contributed by atoms with Crippen molar-refractivity contribution in [3.05, 3.63) is 18.1 Å².